The highest BCUT2D eigenvalue weighted by atomic mass is 16.5. The van der Waals surface area contributed by atoms with E-state index in [1.165, 1.54) is 6.42 Å². The van der Waals surface area contributed by atoms with Crippen LogP contribution >= 0.6 is 0 Å². The molecule has 0 spiro atoms. The van der Waals surface area contributed by atoms with E-state index in [4.69, 9.17) is 14.4 Å². The first kappa shape index (κ1) is 10.6. The third-order valence-electron chi connectivity index (χ3n) is 2.52. The summed E-state index contributed by atoms with van der Waals surface area (Å²) < 4.78 is 10.5. The van der Waals surface area contributed by atoms with Gasteiger partial charge in [0.25, 0.3) is 0 Å². The molecule has 0 aromatic carbocycles. The molecule has 0 aliphatic carbocycles. The first-order valence-electron chi connectivity index (χ1n) is 5.42. The van der Waals surface area contributed by atoms with E-state index in [2.05, 4.69) is 10.1 Å². The summed E-state index contributed by atoms with van der Waals surface area (Å²) in [4.78, 5) is 4.18. The second-order valence-electron chi connectivity index (χ2n) is 3.77. The Morgan fingerprint density at radius 2 is 2.33 bits per heavy atom. The second-order valence-corrected chi connectivity index (χ2v) is 3.77. The number of hydrogen-bond acceptors (Lipinski definition) is 5. The van der Waals surface area contributed by atoms with E-state index in [1.807, 2.05) is 0 Å². The average molecular weight is 212 g/mol. The Hall–Kier alpha value is -0.940. The van der Waals surface area contributed by atoms with Gasteiger partial charge in [-0.25, -0.2) is 0 Å². The van der Waals surface area contributed by atoms with Crippen molar-refractivity contribution in [2.45, 2.75) is 38.2 Å². The largest absolute Gasteiger partial charge is 0.396 e. The van der Waals surface area contributed by atoms with Crippen molar-refractivity contribution < 1.29 is 14.4 Å². The molecule has 1 aromatic heterocycles. The van der Waals surface area contributed by atoms with Crippen LogP contribution in [-0.4, -0.2) is 34.6 Å². The molecule has 1 aromatic rings. The SMILES string of the molecule is OCCc1nc(CC2CCCCO2)no1. The molecule has 1 aliphatic heterocycles. The lowest BCUT2D eigenvalue weighted by atomic mass is 10.1. The maximum Gasteiger partial charge on any atom is 0.228 e. The van der Waals surface area contributed by atoms with E-state index in [9.17, 15) is 0 Å². The van der Waals surface area contributed by atoms with Crippen LogP contribution in [0.5, 0.6) is 0 Å². The second kappa shape index (κ2) is 5.23. The predicted molar refractivity (Wildman–Crippen MR) is 52.4 cm³/mol. The van der Waals surface area contributed by atoms with Crippen LogP contribution in [0.25, 0.3) is 0 Å². The van der Waals surface area contributed by atoms with Gasteiger partial charge in [0.2, 0.25) is 5.89 Å². The van der Waals surface area contributed by atoms with Gasteiger partial charge < -0.3 is 14.4 Å². The number of hydrogen-bond donors (Lipinski definition) is 1. The van der Waals surface area contributed by atoms with Gasteiger partial charge in [0.05, 0.1) is 19.1 Å². The summed E-state index contributed by atoms with van der Waals surface area (Å²) in [5, 5.41) is 12.5. The van der Waals surface area contributed by atoms with Crippen molar-refractivity contribution in [1.29, 1.82) is 0 Å². The van der Waals surface area contributed by atoms with Crippen molar-refractivity contribution in [2.75, 3.05) is 13.2 Å². The smallest absolute Gasteiger partial charge is 0.228 e. The minimum atomic E-state index is 0.0432. The van der Waals surface area contributed by atoms with Crippen molar-refractivity contribution in [1.82, 2.24) is 10.1 Å². The molecule has 15 heavy (non-hydrogen) atoms. The Bertz CT molecular complexity index is 295. The fourth-order valence-corrected chi connectivity index (χ4v) is 1.74. The minimum Gasteiger partial charge on any atom is -0.396 e. The Kier molecular flexibility index (Phi) is 3.69. The Labute approximate surface area is 88.4 Å². The lowest BCUT2D eigenvalue weighted by Crippen LogP contribution is -2.21. The zero-order valence-corrected chi connectivity index (χ0v) is 8.69. The summed E-state index contributed by atoms with van der Waals surface area (Å²) >= 11 is 0. The summed E-state index contributed by atoms with van der Waals surface area (Å²) in [5.41, 5.74) is 0. The van der Waals surface area contributed by atoms with Crippen LogP contribution in [0.15, 0.2) is 4.52 Å². The molecule has 2 rings (SSSR count). The molecule has 5 heteroatoms. The van der Waals surface area contributed by atoms with Crippen molar-refractivity contribution in [3.05, 3.63) is 11.7 Å². The lowest BCUT2D eigenvalue weighted by Gasteiger charge is -2.20. The first-order chi connectivity index (χ1) is 7.38. The lowest BCUT2D eigenvalue weighted by molar-refractivity contribution is 0.0153. The third-order valence-corrected chi connectivity index (χ3v) is 2.52. The normalized spacial score (nSPS) is 21.8. The van der Waals surface area contributed by atoms with Gasteiger partial charge in [0.1, 0.15) is 0 Å². The van der Waals surface area contributed by atoms with Crippen LogP contribution in [0.1, 0.15) is 31.0 Å². The molecule has 1 N–H and O–H groups in total. The molecule has 2 heterocycles. The molecule has 0 amide bonds. The van der Waals surface area contributed by atoms with Gasteiger partial charge in [0, 0.05) is 13.0 Å². The quantitative estimate of drug-likeness (QED) is 0.796. The summed E-state index contributed by atoms with van der Waals surface area (Å²) in [6.07, 6.45) is 4.82. The van der Waals surface area contributed by atoms with Gasteiger partial charge in [-0.05, 0) is 19.3 Å². The highest BCUT2D eigenvalue weighted by Crippen LogP contribution is 2.15. The van der Waals surface area contributed by atoms with E-state index in [1.54, 1.807) is 0 Å². The molecule has 0 radical (unpaired) electrons. The molecular formula is C10H16N2O3. The van der Waals surface area contributed by atoms with E-state index in [-0.39, 0.29) is 12.7 Å². The molecule has 1 aliphatic rings. The van der Waals surface area contributed by atoms with Gasteiger partial charge in [-0.15, -0.1) is 0 Å². The maximum atomic E-state index is 8.70. The number of aliphatic hydroxyl groups is 1. The molecular weight excluding hydrogens is 196 g/mol. The molecule has 0 saturated carbocycles. The van der Waals surface area contributed by atoms with Crippen molar-refractivity contribution >= 4 is 0 Å². The first-order valence-corrected chi connectivity index (χ1v) is 5.42. The molecule has 0 bridgehead atoms. The fourth-order valence-electron chi connectivity index (χ4n) is 1.74. The number of nitrogens with zero attached hydrogens (tertiary/aromatic N) is 2. The molecule has 1 fully saturated rings. The fraction of sp³-hybridized carbons (Fsp3) is 0.800. The highest BCUT2D eigenvalue weighted by molar-refractivity contribution is 4.89. The molecule has 84 valence electrons. The van der Waals surface area contributed by atoms with Gasteiger partial charge in [0.15, 0.2) is 5.82 Å². The maximum absolute atomic E-state index is 8.70. The minimum absolute atomic E-state index is 0.0432. The van der Waals surface area contributed by atoms with E-state index in [0.717, 1.165) is 25.9 Å². The number of rotatable bonds is 4. The molecule has 5 nitrogen and oxygen atoms in total. The van der Waals surface area contributed by atoms with Gasteiger partial charge in [-0.3, -0.25) is 0 Å². The monoisotopic (exact) mass is 212 g/mol. The molecule has 1 unspecified atom stereocenters. The highest BCUT2D eigenvalue weighted by Gasteiger charge is 2.17. The molecule has 1 atom stereocenters. The van der Waals surface area contributed by atoms with Crippen LogP contribution < -0.4 is 0 Å². The summed E-state index contributed by atoms with van der Waals surface area (Å²) in [6.45, 7) is 0.883. The van der Waals surface area contributed by atoms with Gasteiger partial charge >= 0.3 is 0 Å². The standard InChI is InChI=1S/C10H16N2O3/c13-5-4-10-11-9(12-15-10)7-8-3-1-2-6-14-8/h8,13H,1-7H2. The number of aliphatic hydroxyl groups excluding tert-OH is 1. The Balaban J connectivity index is 1.86. The van der Waals surface area contributed by atoms with E-state index in [0.29, 0.717) is 18.1 Å². The van der Waals surface area contributed by atoms with E-state index >= 15 is 0 Å². The van der Waals surface area contributed by atoms with Gasteiger partial charge in [-0.2, -0.15) is 4.98 Å². The van der Waals surface area contributed by atoms with Gasteiger partial charge in [-0.1, -0.05) is 5.16 Å². The van der Waals surface area contributed by atoms with E-state index < -0.39 is 0 Å². The van der Waals surface area contributed by atoms with Crippen molar-refractivity contribution in [3.8, 4) is 0 Å². The zero-order valence-electron chi connectivity index (χ0n) is 8.69. The summed E-state index contributed by atoms with van der Waals surface area (Å²) in [7, 11) is 0. The third kappa shape index (κ3) is 3.00. The zero-order chi connectivity index (χ0) is 10.5. The summed E-state index contributed by atoms with van der Waals surface area (Å²) in [6, 6.07) is 0. The van der Waals surface area contributed by atoms with Crippen LogP contribution in [0.2, 0.25) is 0 Å². The average Bonchev–Trinajstić information content (AvgIpc) is 2.68. The van der Waals surface area contributed by atoms with Crippen LogP contribution in [-0.2, 0) is 17.6 Å². The molecule has 1 saturated heterocycles. The Morgan fingerprint density at radius 3 is 3.07 bits per heavy atom. The van der Waals surface area contributed by atoms with Crippen LogP contribution in [0.4, 0.5) is 0 Å². The number of aromatic nitrogens is 2. The summed E-state index contributed by atoms with van der Waals surface area (Å²) in [5.74, 6) is 1.19. The van der Waals surface area contributed by atoms with Crippen LogP contribution in [0.3, 0.4) is 0 Å². The number of ether oxygens (including phenoxy) is 1. The predicted octanol–water partition coefficient (Wildman–Crippen LogP) is 0.716. The topological polar surface area (TPSA) is 68.4 Å². The van der Waals surface area contributed by atoms with Crippen LogP contribution in [0, 0.1) is 0 Å². The van der Waals surface area contributed by atoms with Crippen molar-refractivity contribution in [3.63, 3.8) is 0 Å². The van der Waals surface area contributed by atoms with Crippen molar-refractivity contribution in [2.24, 2.45) is 0 Å². The Morgan fingerprint density at radius 1 is 1.40 bits per heavy atom.